The third kappa shape index (κ3) is 3.15. The summed E-state index contributed by atoms with van der Waals surface area (Å²) >= 11 is 0. The topological polar surface area (TPSA) is 110 Å². The van der Waals surface area contributed by atoms with Crippen LogP contribution in [-0.2, 0) is 19.1 Å². The van der Waals surface area contributed by atoms with Crippen molar-refractivity contribution in [3.63, 3.8) is 0 Å². The Morgan fingerprint density at radius 2 is 1.91 bits per heavy atom. The van der Waals surface area contributed by atoms with Gasteiger partial charge in [0.15, 0.2) is 0 Å². The van der Waals surface area contributed by atoms with Gasteiger partial charge >= 0.3 is 17.9 Å². The second kappa shape index (κ2) is 6.47. The summed E-state index contributed by atoms with van der Waals surface area (Å²) in [5, 5.41) is 9.09. The van der Waals surface area contributed by atoms with Crippen molar-refractivity contribution >= 4 is 29.5 Å². The Morgan fingerprint density at radius 3 is 2.48 bits per heavy atom. The van der Waals surface area contributed by atoms with Crippen LogP contribution in [0.1, 0.15) is 27.1 Å². The lowest BCUT2D eigenvalue weighted by Gasteiger charge is -2.19. The average molecular weight is 321 g/mol. The van der Waals surface area contributed by atoms with E-state index in [0.29, 0.717) is 0 Å². The molecule has 2 rings (SSSR count). The zero-order valence-electron chi connectivity index (χ0n) is 12.6. The average Bonchev–Trinajstić information content (AvgIpc) is 2.94. The zero-order chi connectivity index (χ0) is 17.1. The largest absolute Gasteiger partial charge is 0.478 e. The van der Waals surface area contributed by atoms with Gasteiger partial charge in [0.1, 0.15) is 0 Å². The molecule has 1 atom stereocenters. The fourth-order valence-electron chi connectivity index (χ4n) is 2.44. The quantitative estimate of drug-likeness (QED) is 0.813. The predicted molar refractivity (Wildman–Crippen MR) is 77.2 cm³/mol. The van der Waals surface area contributed by atoms with Crippen molar-refractivity contribution in [1.82, 2.24) is 0 Å². The number of amides is 1. The molecule has 1 aliphatic rings. The highest BCUT2D eigenvalue weighted by atomic mass is 16.5. The molecule has 1 heterocycles. The van der Waals surface area contributed by atoms with Crippen molar-refractivity contribution < 1.29 is 33.8 Å². The van der Waals surface area contributed by atoms with E-state index in [4.69, 9.17) is 5.11 Å². The van der Waals surface area contributed by atoms with Gasteiger partial charge in [-0.2, -0.15) is 0 Å². The molecule has 1 saturated heterocycles. The highest BCUT2D eigenvalue weighted by Gasteiger charge is 2.37. The predicted octanol–water partition coefficient (Wildman–Crippen LogP) is 0.697. The number of carboxylic acids is 1. The minimum atomic E-state index is -1.20. The van der Waals surface area contributed by atoms with Gasteiger partial charge in [0.25, 0.3) is 0 Å². The second-order valence-corrected chi connectivity index (χ2v) is 4.96. The van der Waals surface area contributed by atoms with Crippen molar-refractivity contribution in [2.45, 2.75) is 6.42 Å². The van der Waals surface area contributed by atoms with Crippen LogP contribution < -0.4 is 4.90 Å². The summed E-state index contributed by atoms with van der Waals surface area (Å²) in [4.78, 5) is 48.0. The van der Waals surface area contributed by atoms with E-state index in [1.807, 2.05) is 0 Å². The van der Waals surface area contributed by atoms with Crippen molar-refractivity contribution in [2.75, 3.05) is 25.7 Å². The number of hydrogen-bond donors (Lipinski definition) is 1. The Balaban J connectivity index is 2.45. The summed E-state index contributed by atoms with van der Waals surface area (Å²) in [6.45, 7) is 0.0125. The standard InChI is InChI=1S/C15H15NO7/c1-22-14(20)9-6-12(17)16(7-9)11-5-8(13(18)19)3-4-10(11)15(21)23-2/h3-5,9H,6-7H2,1-2H3,(H,18,19). The van der Waals surface area contributed by atoms with Gasteiger partial charge in [0.05, 0.1) is 37.0 Å². The number of aromatic carboxylic acids is 1. The molecule has 0 spiro atoms. The van der Waals surface area contributed by atoms with Crippen LogP contribution in [0.2, 0.25) is 0 Å². The summed E-state index contributed by atoms with van der Waals surface area (Å²) < 4.78 is 9.28. The molecule has 8 heteroatoms. The van der Waals surface area contributed by atoms with E-state index in [-0.39, 0.29) is 29.8 Å². The van der Waals surface area contributed by atoms with Gasteiger partial charge in [-0.1, -0.05) is 0 Å². The van der Waals surface area contributed by atoms with Gasteiger partial charge in [-0.05, 0) is 18.2 Å². The molecule has 1 N–H and O–H groups in total. The summed E-state index contributed by atoms with van der Waals surface area (Å²) in [5.41, 5.74) is 0.0755. The zero-order valence-corrected chi connectivity index (χ0v) is 12.6. The van der Waals surface area contributed by atoms with E-state index in [0.717, 1.165) is 0 Å². The number of nitrogens with zero attached hydrogens (tertiary/aromatic N) is 1. The first-order valence-electron chi connectivity index (χ1n) is 6.73. The molecule has 8 nitrogen and oxygen atoms in total. The number of anilines is 1. The number of hydrogen-bond acceptors (Lipinski definition) is 6. The number of rotatable bonds is 4. The van der Waals surface area contributed by atoms with Crippen LogP contribution in [-0.4, -0.2) is 49.7 Å². The maximum absolute atomic E-state index is 12.2. The Bertz CT molecular complexity index is 682. The molecule has 1 aliphatic heterocycles. The third-order valence-corrected chi connectivity index (χ3v) is 3.60. The molecule has 0 saturated carbocycles. The van der Waals surface area contributed by atoms with Gasteiger partial charge in [-0.3, -0.25) is 9.59 Å². The number of benzene rings is 1. The first-order chi connectivity index (χ1) is 10.9. The summed E-state index contributed by atoms with van der Waals surface area (Å²) in [5.74, 6) is -3.49. The van der Waals surface area contributed by atoms with Gasteiger partial charge < -0.3 is 19.5 Å². The van der Waals surface area contributed by atoms with Crippen molar-refractivity contribution in [2.24, 2.45) is 5.92 Å². The fraction of sp³-hybridized carbons (Fsp3) is 0.333. The number of carbonyl (C=O) groups excluding carboxylic acids is 3. The number of carboxylic acid groups (broad SMARTS) is 1. The number of ether oxygens (including phenoxy) is 2. The van der Waals surface area contributed by atoms with Gasteiger partial charge in [0, 0.05) is 13.0 Å². The lowest BCUT2D eigenvalue weighted by atomic mass is 10.1. The van der Waals surface area contributed by atoms with Crippen LogP contribution in [0.5, 0.6) is 0 Å². The molecule has 0 aliphatic carbocycles. The number of methoxy groups -OCH3 is 2. The molecule has 0 radical (unpaired) electrons. The van der Waals surface area contributed by atoms with Crippen LogP contribution in [0.3, 0.4) is 0 Å². The smallest absolute Gasteiger partial charge is 0.339 e. The van der Waals surface area contributed by atoms with Crippen molar-refractivity contribution in [3.8, 4) is 0 Å². The van der Waals surface area contributed by atoms with Gasteiger partial charge in [0.2, 0.25) is 5.91 Å². The first-order valence-corrected chi connectivity index (χ1v) is 6.73. The first kappa shape index (κ1) is 16.5. The van der Waals surface area contributed by atoms with E-state index < -0.39 is 29.7 Å². The molecular formula is C15H15NO7. The lowest BCUT2D eigenvalue weighted by Crippen LogP contribution is -2.28. The SMILES string of the molecule is COC(=O)c1ccc(C(=O)O)cc1N1CC(C(=O)OC)CC1=O. The van der Waals surface area contributed by atoms with Crippen LogP contribution >= 0.6 is 0 Å². The van der Waals surface area contributed by atoms with Crippen molar-refractivity contribution in [1.29, 1.82) is 0 Å². The molecule has 0 aromatic heterocycles. The second-order valence-electron chi connectivity index (χ2n) is 4.96. The Labute approximate surface area is 131 Å². The molecule has 23 heavy (non-hydrogen) atoms. The molecule has 1 unspecified atom stereocenters. The maximum Gasteiger partial charge on any atom is 0.339 e. The van der Waals surface area contributed by atoms with E-state index >= 15 is 0 Å². The highest BCUT2D eigenvalue weighted by molar-refractivity contribution is 6.06. The van der Waals surface area contributed by atoms with Gasteiger partial charge in [-0.25, -0.2) is 9.59 Å². The Kier molecular flexibility index (Phi) is 4.63. The van der Waals surface area contributed by atoms with Gasteiger partial charge in [-0.15, -0.1) is 0 Å². The minimum absolute atomic E-state index is 0.0125. The highest BCUT2D eigenvalue weighted by Crippen LogP contribution is 2.30. The maximum atomic E-state index is 12.2. The molecule has 0 bridgehead atoms. The number of carbonyl (C=O) groups is 4. The van der Waals surface area contributed by atoms with E-state index in [1.165, 1.54) is 37.3 Å². The molecule has 1 fully saturated rings. The fourth-order valence-corrected chi connectivity index (χ4v) is 2.44. The summed E-state index contributed by atoms with van der Waals surface area (Å²) in [6.07, 6.45) is -0.0649. The van der Waals surface area contributed by atoms with E-state index in [9.17, 15) is 19.2 Å². The van der Waals surface area contributed by atoms with Crippen LogP contribution in [0.4, 0.5) is 5.69 Å². The summed E-state index contributed by atoms with van der Waals surface area (Å²) in [6, 6.07) is 3.74. The number of esters is 2. The summed E-state index contributed by atoms with van der Waals surface area (Å²) in [7, 11) is 2.40. The lowest BCUT2D eigenvalue weighted by molar-refractivity contribution is -0.145. The molecular weight excluding hydrogens is 306 g/mol. The molecule has 1 aromatic rings. The molecule has 1 amide bonds. The molecule has 122 valence electrons. The normalized spacial score (nSPS) is 17.0. The third-order valence-electron chi connectivity index (χ3n) is 3.60. The van der Waals surface area contributed by atoms with Crippen molar-refractivity contribution in [3.05, 3.63) is 29.3 Å². The van der Waals surface area contributed by atoms with Crippen LogP contribution in [0, 0.1) is 5.92 Å². The van der Waals surface area contributed by atoms with Crippen LogP contribution in [0.25, 0.3) is 0 Å². The van der Waals surface area contributed by atoms with E-state index in [1.54, 1.807) is 0 Å². The Morgan fingerprint density at radius 1 is 1.22 bits per heavy atom. The Hall–Kier alpha value is -2.90. The minimum Gasteiger partial charge on any atom is -0.478 e. The monoisotopic (exact) mass is 321 g/mol. The van der Waals surface area contributed by atoms with E-state index in [2.05, 4.69) is 9.47 Å². The van der Waals surface area contributed by atoms with Crippen LogP contribution in [0.15, 0.2) is 18.2 Å². The molecule has 1 aromatic carbocycles.